The highest BCUT2D eigenvalue weighted by Crippen LogP contribution is 2.43. The molecule has 3 aromatic carbocycles. The molecule has 5 rings (SSSR count). The number of aliphatic hydroxyl groups excluding tert-OH is 1. The number of rotatable bonds is 7. The van der Waals surface area contributed by atoms with E-state index in [1.807, 2.05) is 0 Å². The Morgan fingerprint density at radius 3 is 2.03 bits per heavy atom. The standard InChI is InChI=1S/C30H37N3O/c1-31-17-19-32(20-18-31)29-16-15-26(23-34)27-13-8-14-28(30(27)29)33(21-24-9-4-2-5-10-24)22-25-11-6-3-7-12-25/h2-7,9-12,15-16,28,34H,8,13-14,17-23H2,1H3. The fourth-order valence-corrected chi connectivity index (χ4v) is 5.73. The molecule has 0 amide bonds. The molecule has 1 aliphatic carbocycles. The van der Waals surface area contributed by atoms with Gasteiger partial charge in [-0.05, 0) is 60.2 Å². The third-order valence-corrected chi connectivity index (χ3v) is 7.58. The predicted molar refractivity (Wildman–Crippen MR) is 140 cm³/mol. The highest BCUT2D eigenvalue weighted by atomic mass is 16.3. The first-order chi connectivity index (χ1) is 16.7. The van der Waals surface area contributed by atoms with Gasteiger partial charge in [0.25, 0.3) is 0 Å². The van der Waals surface area contributed by atoms with Crippen molar-refractivity contribution in [3.8, 4) is 0 Å². The summed E-state index contributed by atoms with van der Waals surface area (Å²) in [6.07, 6.45) is 3.38. The number of hydrogen-bond donors (Lipinski definition) is 1. The molecular formula is C30H37N3O. The van der Waals surface area contributed by atoms with Crippen LogP contribution in [0.2, 0.25) is 0 Å². The molecule has 4 heteroatoms. The van der Waals surface area contributed by atoms with Crippen molar-refractivity contribution in [2.75, 3.05) is 38.1 Å². The maximum atomic E-state index is 10.2. The number of anilines is 1. The Hall–Kier alpha value is -2.66. The van der Waals surface area contributed by atoms with Gasteiger partial charge in [0.1, 0.15) is 0 Å². The average Bonchev–Trinajstić information content (AvgIpc) is 2.89. The third kappa shape index (κ3) is 5.05. The number of piperazine rings is 1. The quantitative estimate of drug-likeness (QED) is 0.542. The van der Waals surface area contributed by atoms with Crippen molar-refractivity contribution in [2.24, 2.45) is 0 Å². The molecule has 4 nitrogen and oxygen atoms in total. The Morgan fingerprint density at radius 2 is 1.44 bits per heavy atom. The van der Waals surface area contributed by atoms with Crippen LogP contribution in [0.1, 0.15) is 46.7 Å². The van der Waals surface area contributed by atoms with Crippen molar-refractivity contribution in [3.05, 3.63) is 101 Å². The summed E-state index contributed by atoms with van der Waals surface area (Å²) < 4.78 is 0. The van der Waals surface area contributed by atoms with E-state index in [0.29, 0.717) is 6.04 Å². The molecule has 3 aromatic rings. The van der Waals surface area contributed by atoms with E-state index >= 15 is 0 Å². The lowest BCUT2D eigenvalue weighted by Gasteiger charge is -2.42. The largest absolute Gasteiger partial charge is 0.392 e. The van der Waals surface area contributed by atoms with Crippen LogP contribution in [-0.4, -0.2) is 48.1 Å². The summed E-state index contributed by atoms with van der Waals surface area (Å²) >= 11 is 0. The van der Waals surface area contributed by atoms with Gasteiger partial charge in [0.15, 0.2) is 0 Å². The van der Waals surface area contributed by atoms with Crippen molar-refractivity contribution < 1.29 is 5.11 Å². The van der Waals surface area contributed by atoms with Crippen LogP contribution in [0, 0.1) is 0 Å². The van der Waals surface area contributed by atoms with E-state index in [9.17, 15) is 5.11 Å². The molecule has 1 fully saturated rings. The van der Waals surface area contributed by atoms with Crippen LogP contribution in [0.4, 0.5) is 5.69 Å². The first-order valence-corrected chi connectivity index (χ1v) is 12.7. The lowest BCUT2D eigenvalue weighted by atomic mass is 9.82. The molecule has 0 radical (unpaired) electrons. The predicted octanol–water partition coefficient (Wildman–Crippen LogP) is 5.01. The minimum absolute atomic E-state index is 0.120. The number of aliphatic hydroxyl groups is 1. The first kappa shape index (κ1) is 23.1. The number of hydrogen-bond acceptors (Lipinski definition) is 4. The Labute approximate surface area is 204 Å². The first-order valence-electron chi connectivity index (χ1n) is 12.7. The van der Waals surface area contributed by atoms with Gasteiger partial charge in [-0.15, -0.1) is 0 Å². The van der Waals surface area contributed by atoms with Crippen LogP contribution < -0.4 is 4.90 Å². The zero-order valence-electron chi connectivity index (χ0n) is 20.4. The van der Waals surface area contributed by atoms with Gasteiger partial charge in [-0.1, -0.05) is 66.7 Å². The Morgan fingerprint density at radius 1 is 0.824 bits per heavy atom. The van der Waals surface area contributed by atoms with Crippen molar-refractivity contribution in [1.29, 1.82) is 0 Å². The minimum atomic E-state index is 0.120. The molecule has 178 valence electrons. The van der Waals surface area contributed by atoms with Gasteiger partial charge in [-0.3, -0.25) is 4.90 Å². The SMILES string of the molecule is CN1CCN(c2ccc(CO)c3c2C(N(Cc2ccccc2)Cc2ccccc2)CCC3)CC1. The van der Waals surface area contributed by atoms with Gasteiger partial charge < -0.3 is 14.9 Å². The van der Waals surface area contributed by atoms with Crippen molar-refractivity contribution in [2.45, 2.75) is 45.0 Å². The fourth-order valence-electron chi connectivity index (χ4n) is 5.73. The summed E-state index contributed by atoms with van der Waals surface area (Å²) in [6, 6.07) is 26.5. The van der Waals surface area contributed by atoms with Crippen molar-refractivity contribution in [3.63, 3.8) is 0 Å². The Kier molecular flexibility index (Phi) is 7.29. The summed E-state index contributed by atoms with van der Waals surface area (Å²) in [6.45, 7) is 6.28. The molecule has 0 spiro atoms. The average molecular weight is 456 g/mol. The van der Waals surface area contributed by atoms with Gasteiger partial charge in [0.2, 0.25) is 0 Å². The second-order valence-electron chi connectivity index (χ2n) is 9.87. The van der Waals surface area contributed by atoms with Gasteiger partial charge in [-0.25, -0.2) is 0 Å². The summed E-state index contributed by atoms with van der Waals surface area (Å²) in [4.78, 5) is 7.67. The fraction of sp³-hybridized carbons (Fsp3) is 0.400. The van der Waals surface area contributed by atoms with Gasteiger partial charge in [0, 0.05) is 51.0 Å². The topological polar surface area (TPSA) is 30.0 Å². The molecular weight excluding hydrogens is 418 g/mol. The lowest BCUT2D eigenvalue weighted by Crippen LogP contribution is -2.45. The van der Waals surface area contributed by atoms with Crippen LogP contribution >= 0.6 is 0 Å². The second kappa shape index (κ2) is 10.7. The summed E-state index contributed by atoms with van der Waals surface area (Å²) in [5, 5.41) is 10.2. The summed E-state index contributed by atoms with van der Waals surface area (Å²) in [5.74, 6) is 0. The van der Waals surface area contributed by atoms with Crippen LogP contribution in [0.15, 0.2) is 72.8 Å². The van der Waals surface area contributed by atoms with E-state index in [1.54, 1.807) is 0 Å². The molecule has 34 heavy (non-hydrogen) atoms. The Balaban J connectivity index is 1.56. The van der Waals surface area contributed by atoms with E-state index in [0.717, 1.165) is 64.1 Å². The molecule has 0 bridgehead atoms. The molecule has 1 aliphatic heterocycles. The van der Waals surface area contributed by atoms with Crippen LogP contribution in [0.25, 0.3) is 0 Å². The highest BCUT2D eigenvalue weighted by molar-refractivity contribution is 5.61. The normalized spacial score (nSPS) is 18.8. The van der Waals surface area contributed by atoms with E-state index < -0.39 is 0 Å². The lowest BCUT2D eigenvalue weighted by molar-refractivity contribution is 0.160. The molecule has 0 saturated carbocycles. The number of nitrogens with zero attached hydrogens (tertiary/aromatic N) is 3. The van der Waals surface area contributed by atoms with Crippen LogP contribution in [0.5, 0.6) is 0 Å². The summed E-state index contributed by atoms with van der Waals surface area (Å²) in [7, 11) is 2.21. The van der Waals surface area contributed by atoms with Crippen molar-refractivity contribution in [1.82, 2.24) is 9.80 Å². The third-order valence-electron chi connectivity index (χ3n) is 7.58. The van der Waals surface area contributed by atoms with Gasteiger partial charge in [-0.2, -0.15) is 0 Å². The second-order valence-corrected chi connectivity index (χ2v) is 9.87. The zero-order valence-corrected chi connectivity index (χ0v) is 20.4. The molecule has 1 saturated heterocycles. The number of benzene rings is 3. The molecule has 1 heterocycles. The maximum Gasteiger partial charge on any atom is 0.0684 e. The maximum absolute atomic E-state index is 10.2. The molecule has 2 aliphatic rings. The summed E-state index contributed by atoms with van der Waals surface area (Å²) in [5.41, 5.74) is 8.05. The van der Waals surface area contributed by atoms with Crippen molar-refractivity contribution >= 4 is 5.69 Å². The van der Waals surface area contributed by atoms with E-state index in [1.165, 1.54) is 27.9 Å². The number of likely N-dealkylation sites (N-methyl/N-ethyl adjacent to an activating group) is 1. The smallest absolute Gasteiger partial charge is 0.0684 e. The molecule has 0 aromatic heterocycles. The van der Waals surface area contributed by atoms with Crippen LogP contribution in [0.3, 0.4) is 0 Å². The van der Waals surface area contributed by atoms with E-state index in [-0.39, 0.29) is 6.61 Å². The van der Waals surface area contributed by atoms with Gasteiger partial charge >= 0.3 is 0 Å². The zero-order chi connectivity index (χ0) is 23.3. The molecule has 1 atom stereocenters. The van der Waals surface area contributed by atoms with E-state index in [2.05, 4.69) is 94.5 Å². The van der Waals surface area contributed by atoms with Crippen LogP contribution in [-0.2, 0) is 26.1 Å². The monoisotopic (exact) mass is 455 g/mol. The Bertz CT molecular complexity index is 1020. The molecule has 1 unspecified atom stereocenters. The minimum Gasteiger partial charge on any atom is -0.392 e. The highest BCUT2D eigenvalue weighted by Gasteiger charge is 2.32. The van der Waals surface area contributed by atoms with E-state index in [4.69, 9.17) is 0 Å². The molecule has 1 N–H and O–H groups in total. The number of fused-ring (bicyclic) bond motifs is 1. The van der Waals surface area contributed by atoms with Gasteiger partial charge in [0.05, 0.1) is 6.61 Å².